The zero-order chi connectivity index (χ0) is 37.4. The molecule has 5 aromatic carbocycles. The highest BCUT2D eigenvalue weighted by atomic mass is 32.2. The fraction of sp³-hybridized carbons (Fsp3) is 0.286. The first-order valence-electron chi connectivity index (χ1n) is 17.6. The number of hydrogen-bond acceptors (Lipinski definition) is 7. The van der Waals surface area contributed by atoms with E-state index < -0.39 is 44.3 Å². The average Bonchev–Trinajstić information content (AvgIpc) is 3.46. The summed E-state index contributed by atoms with van der Waals surface area (Å²) in [6.45, 7) is 4.10. The molecule has 1 fully saturated rings. The minimum atomic E-state index is -4.27. The number of aryl methyl sites for hydroxylation is 2. The summed E-state index contributed by atoms with van der Waals surface area (Å²) in [5.41, 5.74) is 4.53. The van der Waals surface area contributed by atoms with Gasteiger partial charge in [-0.15, -0.1) is 0 Å². The molecule has 9 nitrogen and oxygen atoms in total. The molecule has 0 amide bonds. The van der Waals surface area contributed by atoms with Crippen LogP contribution in [0.2, 0.25) is 0 Å². The number of nitrogens with zero attached hydrogens (tertiary/aromatic N) is 2. The van der Waals surface area contributed by atoms with Crippen molar-refractivity contribution in [3.8, 4) is 0 Å². The summed E-state index contributed by atoms with van der Waals surface area (Å²) in [6, 6.07) is 40.2. The van der Waals surface area contributed by atoms with Crippen molar-refractivity contribution in [2.45, 2.75) is 67.8 Å². The Kier molecular flexibility index (Phi) is 12.6. The van der Waals surface area contributed by atoms with Crippen molar-refractivity contribution in [2.24, 2.45) is 0 Å². The summed E-state index contributed by atoms with van der Waals surface area (Å²) in [6.07, 6.45) is -1.73. The maximum Gasteiger partial charge on any atom is 0.243 e. The van der Waals surface area contributed by atoms with E-state index in [-0.39, 0.29) is 42.8 Å². The second kappa shape index (κ2) is 17.3. The van der Waals surface area contributed by atoms with Crippen molar-refractivity contribution in [2.75, 3.05) is 20.2 Å². The van der Waals surface area contributed by atoms with Gasteiger partial charge < -0.3 is 14.2 Å². The van der Waals surface area contributed by atoms with E-state index in [1.807, 2.05) is 105 Å². The summed E-state index contributed by atoms with van der Waals surface area (Å²) in [5.74, 6) is 0. The fourth-order valence-electron chi connectivity index (χ4n) is 6.58. The first kappa shape index (κ1) is 38.5. The van der Waals surface area contributed by atoms with Gasteiger partial charge in [0.05, 0.1) is 48.3 Å². The molecule has 11 heteroatoms. The molecule has 0 radical (unpaired) electrons. The van der Waals surface area contributed by atoms with Crippen molar-refractivity contribution < 1.29 is 31.0 Å². The van der Waals surface area contributed by atoms with Crippen molar-refractivity contribution in [1.82, 2.24) is 8.61 Å². The molecule has 1 heterocycles. The molecule has 0 spiro atoms. The zero-order valence-corrected chi connectivity index (χ0v) is 31.8. The van der Waals surface area contributed by atoms with E-state index in [0.717, 1.165) is 27.8 Å². The number of hydrogen-bond donors (Lipinski definition) is 0. The Labute approximate surface area is 313 Å². The van der Waals surface area contributed by atoms with Crippen molar-refractivity contribution in [3.63, 3.8) is 0 Å². The van der Waals surface area contributed by atoms with Crippen LogP contribution in [-0.2, 0) is 54.1 Å². The van der Waals surface area contributed by atoms with E-state index in [9.17, 15) is 16.8 Å². The molecular weight excluding hydrogens is 709 g/mol. The highest BCUT2D eigenvalue weighted by molar-refractivity contribution is 7.89. The van der Waals surface area contributed by atoms with Gasteiger partial charge in [-0.05, 0) is 54.8 Å². The van der Waals surface area contributed by atoms with Gasteiger partial charge in [0.25, 0.3) is 0 Å². The fourth-order valence-corrected chi connectivity index (χ4v) is 9.58. The highest BCUT2D eigenvalue weighted by Crippen LogP contribution is 2.38. The monoisotopic (exact) mass is 754 g/mol. The summed E-state index contributed by atoms with van der Waals surface area (Å²) in [5, 5.41) is 0. The lowest BCUT2D eigenvalue weighted by Crippen LogP contribution is -2.50. The predicted molar refractivity (Wildman–Crippen MR) is 205 cm³/mol. The van der Waals surface area contributed by atoms with Gasteiger partial charge in [0, 0.05) is 13.6 Å². The van der Waals surface area contributed by atoms with Gasteiger partial charge in [-0.3, -0.25) is 0 Å². The third-order valence-electron chi connectivity index (χ3n) is 9.48. The van der Waals surface area contributed by atoms with E-state index >= 15 is 0 Å². The topological polar surface area (TPSA) is 102 Å². The zero-order valence-electron chi connectivity index (χ0n) is 30.2. The molecule has 0 aliphatic carbocycles. The summed E-state index contributed by atoms with van der Waals surface area (Å²) in [4.78, 5) is 0.189. The van der Waals surface area contributed by atoms with Crippen LogP contribution < -0.4 is 0 Å². The summed E-state index contributed by atoms with van der Waals surface area (Å²) >= 11 is 0. The van der Waals surface area contributed by atoms with Crippen LogP contribution in [-0.4, -0.2) is 69.9 Å². The van der Waals surface area contributed by atoms with E-state index in [1.165, 1.54) is 15.7 Å². The van der Waals surface area contributed by atoms with E-state index in [1.54, 1.807) is 48.5 Å². The number of likely N-dealkylation sites (N-methyl/N-ethyl adjacent to an activating group) is 1. The molecule has 5 aromatic rings. The van der Waals surface area contributed by atoms with Gasteiger partial charge in [-0.1, -0.05) is 126 Å². The van der Waals surface area contributed by atoms with Gasteiger partial charge in [0.2, 0.25) is 20.0 Å². The Bertz CT molecular complexity index is 2120. The normalized spacial score (nSPS) is 19.5. The SMILES string of the molecule is Cc1ccc(S(=O)(=O)N(C)C[C@H]2[C@@H](OCc3ccccc3)[C@H](OCc3ccccc3)[C@H](COCc3ccccc3)N2S(=O)(=O)c2ccc(C)cc2)cc1. The molecule has 0 unspecified atom stereocenters. The van der Waals surface area contributed by atoms with Crippen LogP contribution in [0.15, 0.2) is 149 Å². The molecule has 1 aliphatic heterocycles. The van der Waals surface area contributed by atoms with E-state index in [2.05, 4.69) is 0 Å². The lowest BCUT2D eigenvalue weighted by molar-refractivity contribution is -0.0865. The van der Waals surface area contributed by atoms with Crippen LogP contribution >= 0.6 is 0 Å². The Hall–Kier alpha value is -4.20. The molecule has 1 saturated heterocycles. The molecule has 0 saturated carbocycles. The van der Waals surface area contributed by atoms with Crippen LogP contribution in [0.5, 0.6) is 0 Å². The van der Waals surface area contributed by atoms with Crippen LogP contribution in [0.1, 0.15) is 27.8 Å². The van der Waals surface area contributed by atoms with Gasteiger partial charge >= 0.3 is 0 Å². The molecule has 0 N–H and O–H groups in total. The molecule has 278 valence electrons. The average molecular weight is 755 g/mol. The van der Waals surface area contributed by atoms with Crippen molar-refractivity contribution in [1.29, 1.82) is 0 Å². The highest BCUT2D eigenvalue weighted by Gasteiger charge is 2.56. The maximum atomic E-state index is 15.0. The second-order valence-corrected chi connectivity index (χ2v) is 17.3. The maximum absolute atomic E-state index is 15.0. The van der Waals surface area contributed by atoms with Crippen molar-refractivity contribution in [3.05, 3.63) is 167 Å². The van der Waals surface area contributed by atoms with Gasteiger partial charge in [0.15, 0.2) is 0 Å². The van der Waals surface area contributed by atoms with Gasteiger partial charge in [-0.25, -0.2) is 16.8 Å². The Balaban J connectivity index is 1.45. The largest absolute Gasteiger partial charge is 0.375 e. The van der Waals surface area contributed by atoms with Crippen LogP contribution in [0.3, 0.4) is 0 Å². The number of rotatable bonds is 16. The van der Waals surface area contributed by atoms with Crippen molar-refractivity contribution >= 4 is 20.0 Å². The molecular formula is C42H46N2O7S2. The molecule has 4 atom stereocenters. The molecule has 0 bridgehead atoms. The Morgan fingerprint density at radius 2 is 0.962 bits per heavy atom. The van der Waals surface area contributed by atoms with E-state index in [4.69, 9.17) is 14.2 Å². The van der Waals surface area contributed by atoms with E-state index in [0.29, 0.717) is 0 Å². The Morgan fingerprint density at radius 1 is 0.547 bits per heavy atom. The predicted octanol–water partition coefficient (Wildman–Crippen LogP) is 6.75. The molecule has 0 aromatic heterocycles. The first-order chi connectivity index (χ1) is 25.5. The Morgan fingerprint density at radius 3 is 1.43 bits per heavy atom. The van der Waals surface area contributed by atoms with Crippen LogP contribution in [0.25, 0.3) is 0 Å². The number of sulfonamides is 2. The minimum Gasteiger partial charge on any atom is -0.375 e. The standard InChI is InChI=1S/C42H46N2O7S2/c1-32-19-23-37(24-20-32)52(45,46)43(3)27-39-41(50-29-35-15-9-5-10-16-35)42(51-30-36-17-11-6-12-18-36)40(31-49-28-34-13-7-4-8-14-34)44(39)53(47,48)38-25-21-33(2)22-26-38/h4-26,39-42H,27-31H2,1-3H3/t39-,40-,41+,42+/m0/s1. The third-order valence-corrected chi connectivity index (χ3v) is 13.3. The van der Waals surface area contributed by atoms with Crippen LogP contribution in [0.4, 0.5) is 0 Å². The lowest BCUT2D eigenvalue weighted by atomic mass is 10.1. The van der Waals surface area contributed by atoms with Gasteiger partial charge in [0.1, 0.15) is 12.2 Å². The van der Waals surface area contributed by atoms with Gasteiger partial charge in [-0.2, -0.15) is 8.61 Å². The summed E-state index contributed by atoms with van der Waals surface area (Å²) < 4.78 is 80.3. The smallest absolute Gasteiger partial charge is 0.243 e. The molecule has 53 heavy (non-hydrogen) atoms. The minimum absolute atomic E-state index is 0.0322. The summed E-state index contributed by atoms with van der Waals surface area (Å²) in [7, 11) is -6.83. The third kappa shape index (κ3) is 9.31. The lowest BCUT2D eigenvalue weighted by Gasteiger charge is -2.32. The second-order valence-electron chi connectivity index (χ2n) is 13.4. The first-order valence-corrected chi connectivity index (χ1v) is 20.5. The van der Waals surface area contributed by atoms with Crippen LogP contribution in [0, 0.1) is 13.8 Å². The number of ether oxygens (including phenoxy) is 3. The molecule has 1 aliphatic rings. The quantitative estimate of drug-likeness (QED) is 0.110. The molecule has 6 rings (SSSR count). The number of benzene rings is 5.